The molecule has 1 heterocycles. The predicted octanol–water partition coefficient (Wildman–Crippen LogP) is 1.22. The highest BCUT2D eigenvalue weighted by Crippen LogP contribution is 2.23. The number of hydrogen-bond donors (Lipinski definition) is 3. The molecule has 2 aromatic rings. The average molecular weight is 259 g/mol. The highest BCUT2D eigenvalue weighted by Gasteiger charge is 2.14. The Kier molecular flexibility index (Phi) is 3.33. The van der Waals surface area contributed by atoms with Crippen LogP contribution in [-0.4, -0.2) is 28.0 Å². The molecule has 1 amide bonds. The topological polar surface area (TPSA) is 105 Å². The number of nitrogens with two attached hydrogens (primary N) is 1. The van der Waals surface area contributed by atoms with Crippen LogP contribution in [0.2, 0.25) is 0 Å². The Morgan fingerprint density at radius 1 is 1.37 bits per heavy atom. The number of anilines is 1. The third-order valence-electron chi connectivity index (χ3n) is 2.73. The van der Waals surface area contributed by atoms with Gasteiger partial charge in [-0.15, -0.1) is 0 Å². The molecule has 1 unspecified atom stereocenters. The molecule has 1 aromatic heterocycles. The first-order valence-electron chi connectivity index (χ1n) is 5.68. The van der Waals surface area contributed by atoms with Crippen LogP contribution in [0.1, 0.15) is 17.4 Å². The van der Waals surface area contributed by atoms with Crippen LogP contribution in [0.5, 0.6) is 0 Å². The van der Waals surface area contributed by atoms with Gasteiger partial charge in [0.2, 0.25) is 5.91 Å². The number of aromatic nitrogens is 1. The Morgan fingerprint density at radius 2 is 2.05 bits per heavy atom. The van der Waals surface area contributed by atoms with E-state index in [4.69, 9.17) is 10.8 Å². The van der Waals surface area contributed by atoms with Gasteiger partial charge in [0.15, 0.2) is 5.69 Å². The molecular weight excluding hydrogens is 246 g/mol. The van der Waals surface area contributed by atoms with Gasteiger partial charge < -0.3 is 16.2 Å². The van der Waals surface area contributed by atoms with Crippen LogP contribution in [0.3, 0.4) is 0 Å². The van der Waals surface area contributed by atoms with Crippen molar-refractivity contribution in [2.45, 2.75) is 13.0 Å². The van der Waals surface area contributed by atoms with Crippen LogP contribution in [0.15, 0.2) is 30.3 Å². The van der Waals surface area contributed by atoms with E-state index in [1.54, 1.807) is 25.1 Å². The summed E-state index contributed by atoms with van der Waals surface area (Å²) < 4.78 is 0. The first-order valence-corrected chi connectivity index (χ1v) is 5.68. The van der Waals surface area contributed by atoms with Crippen molar-refractivity contribution in [2.75, 3.05) is 5.32 Å². The molecule has 1 aromatic carbocycles. The number of benzene rings is 1. The number of carbonyl (C=O) groups is 2. The highest BCUT2D eigenvalue weighted by molar-refractivity contribution is 5.98. The van der Waals surface area contributed by atoms with E-state index >= 15 is 0 Å². The van der Waals surface area contributed by atoms with E-state index in [2.05, 4.69) is 10.3 Å². The summed E-state index contributed by atoms with van der Waals surface area (Å²) in [6.07, 6.45) is 0. The fourth-order valence-corrected chi connectivity index (χ4v) is 1.71. The molecule has 0 saturated carbocycles. The fourth-order valence-electron chi connectivity index (χ4n) is 1.71. The second-order valence-electron chi connectivity index (χ2n) is 4.15. The summed E-state index contributed by atoms with van der Waals surface area (Å²) >= 11 is 0. The number of carbonyl (C=O) groups excluding carboxylic acids is 1. The van der Waals surface area contributed by atoms with Gasteiger partial charge in [0, 0.05) is 11.1 Å². The Bertz CT molecular complexity index is 655. The van der Waals surface area contributed by atoms with E-state index in [0.29, 0.717) is 11.2 Å². The molecule has 0 radical (unpaired) electrons. The van der Waals surface area contributed by atoms with Gasteiger partial charge in [-0.2, -0.15) is 0 Å². The molecule has 0 spiro atoms. The zero-order valence-corrected chi connectivity index (χ0v) is 10.3. The summed E-state index contributed by atoms with van der Waals surface area (Å²) in [5.74, 6) is -1.64. The van der Waals surface area contributed by atoms with Gasteiger partial charge in [0.25, 0.3) is 0 Å². The lowest BCUT2D eigenvalue weighted by Gasteiger charge is -2.14. The smallest absolute Gasteiger partial charge is 0.354 e. The third kappa shape index (κ3) is 2.62. The van der Waals surface area contributed by atoms with Crippen molar-refractivity contribution < 1.29 is 14.7 Å². The molecule has 0 aliphatic rings. The minimum absolute atomic E-state index is 0.0853. The molecule has 98 valence electrons. The fraction of sp³-hybridized carbons (Fsp3) is 0.154. The second-order valence-corrected chi connectivity index (χ2v) is 4.15. The highest BCUT2D eigenvalue weighted by atomic mass is 16.4. The van der Waals surface area contributed by atoms with Crippen LogP contribution in [-0.2, 0) is 4.79 Å². The van der Waals surface area contributed by atoms with E-state index in [0.717, 1.165) is 5.39 Å². The second kappa shape index (κ2) is 4.93. The number of carboxylic acid groups (broad SMARTS) is 1. The first kappa shape index (κ1) is 12.8. The van der Waals surface area contributed by atoms with Crippen molar-refractivity contribution in [1.82, 2.24) is 4.98 Å². The van der Waals surface area contributed by atoms with Gasteiger partial charge in [-0.1, -0.05) is 18.2 Å². The SMILES string of the molecule is CC(Nc1cc(C(=O)O)nc2ccccc12)C(N)=O. The van der Waals surface area contributed by atoms with Crippen molar-refractivity contribution in [3.63, 3.8) is 0 Å². The average Bonchev–Trinajstić information content (AvgIpc) is 2.38. The van der Waals surface area contributed by atoms with Crippen LogP contribution in [0.25, 0.3) is 10.9 Å². The van der Waals surface area contributed by atoms with Crippen molar-refractivity contribution >= 4 is 28.5 Å². The molecule has 2 rings (SSSR count). The minimum Gasteiger partial charge on any atom is -0.477 e. The molecule has 0 bridgehead atoms. The molecule has 0 saturated heterocycles. The van der Waals surface area contributed by atoms with Crippen molar-refractivity contribution in [2.24, 2.45) is 5.73 Å². The van der Waals surface area contributed by atoms with Gasteiger partial charge in [0.1, 0.15) is 6.04 Å². The number of pyridine rings is 1. The standard InChI is InChI=1S/C13H13N3O3/c1-7(12(14)17)15-10-6-11(13(18)19)16-9-5-3-2-4-8(9)10/h2-7H,1H3,(H2,14,17)(H,15,16)(H,18,19). The Balaban J connectivity index is 2.56. The number of para-hydroxylation sites is 1. The summed E-state index contributed by atoms with van der Waals surface area (Å²) in [4.78, 5) is 26.2. The van der Waals surface area contributed by atoms with Crippen molar-refractivity contribution in [3.8, 4) is 0 Å². The largest absolute Gasteiger partial charge is 0.477 e. The molecule has 0 aliphatic carbocycles. The number of rotatable bonds is 4. The number of hydrogen-bond acceptors (Lipinski definition) is 4. The summed E-state index contributed by atoms with van der Waals surface area (Å²) in [6.45, 7) is 1.61. The lowest BCUT2D eigenvalue weighted by atomic mass is 10.1. The van der Waals surface area contributed by atoms with Crippen molar-refractivity contribution in [1.29, 1.82) is 0 Å². The minimum atomic E-state index is -1.12. The van der Waals surface area contributed by atoms with Crippen LogP contribution in [0.4, 0.5) is 5.69 Å². The molecular formula is C13H13N3O3. The van der Waals surface area contributed by atoms with E-state index < -0.39 is 17.9 Å². The zero-order valence-electron chi connectivity index (χ0n) is 10.3. The normalized spacial score (nSPS) is 12.1. The zero-order chi connectivity index (χ0) is 14.0. The van der Waals surface area contributed by atoms with E-state index in [1.165, 1.54) is 6.07 Å². The summed E-state index contributed by atoms with van der Waals surface area (Å²) in [6, 6.07) is 7.87. The molecule has 6 heteroatoms. The summed E-state index contributed by atoms with van der Waals surface area (Å²) in [7, 11) is 0. The van der Waals surface area contributed by atoms with Crippen LogP contribution >= 0.6 is 0 Å². The van der Waals surface area contributed by atoms with Gasteiger partial charge in [-0.3, -0.25) is 4.79 Å². The Labute approximate surface area is 109 Å². The predicted molar refractivity (Wildman–Crippen MR) is 71.0 cm³/mol. The third-order valence-corrected chi connectivity index (χ3v) is 2.73. The first-order chi connectivity index (χ1) is 8.99. The summed E-state index contributed by atoms with van der Waals surface area (Å²) in [5, 5.41) is 12.7. The Morgan fingerprint density at radius 3 is 2.68 bits per heavy atom. The van der Waals surface area contributed by atoms with E-state index in [1.807, 2.05) is 6.07 Å². The molecule has 1 atom stereocenters. The Hall–Kier alpha value is -2.63. The van der Waals surface area contributed by atoms with Gasteiger partial charge in [-0.05, 0) is 19.1 Å². The maximum Gasteiger partial charge on any atom is 0.354 e. The molecule has 4 N–H and O–H groups in total. The van der Waals surface area contributed by atoms with Crippen LogP contribution in [0, 0.1) is 0 Å². The quantitative estimate of drug-likeness (QED) is 0.765. The number of amides is 1. The van der Waals surface area contributed by atoms with Crippen molar-refractivity contribution in [3.05, 3.63) is 36.0 Å². The number of primary amides is 1. The maximum absolute atomic E-state index is 11.1. The number of carboxylic acids is 1. The monoisotopic (exact) mass is 259 g/mol. The maximum atomic E-state index is 11.1. The van der Waals surface area contributed by atoms with Crippen LogP contribution < -0.4 is 11.1 Å². The number of nitrogens with one attached hydrogen (secondary N) is 1. The van der Waals surface area contributed by atoms with Gasteiger partial charge in [-0.25, -0.2) is 9.78 Å². The number of aromatic carboxylic acids is 1. The number of nitrogens with zero attached hydrogens (tertiary/aromatic N) is 1. The van der Waals surface area contributed by atoms with E-state index in [-0.39, 0.29) is 5.69 Å². The number of fused-ring (bicyclic) bond motifs is 1. The summed E-state index contributed by atoms with van der Waals surface area (Å²) in [5.41, 5.74) is 6.17. The van der Waals surface area contributed by atoms with Gasteiger partial charge >= 0.3 is 5.97 Å². The van der Waals surface area contributed by atoms with Gasteiger partial charge in [0.05, 0.1) is 5.52 Å². The molecule has 19 heavy (non-hydrogen) atoms. The molecule has 0 fully saturated rings. The molecule has 0 aliphatic heterocycles. The lowest BCUT2D eigenvalue weighted by molar-refractivity contribution is -0.118. The van der Waals surface area contributed by atoms with E-state index in [9.17, 15) is 9.59 Å². The molecule has 6 nitrogen and oxygen atoms in total. The lowest BCUT2D eigenvalue weighted by Crippen LogP contribution is -2.32.